The summed E-state index contributed by atoms with van der Waals surface area (Å²) in [6.45, 7) is 5.81. The molecule has 2 rings (SSSR count). The van der Waals surface area contributed by atoms with Gasteiger partial charge in [0.1, 0.15) is 5.75 Å². The van der Waals surface area contributed by atoms with Crippen LogP contribution >= 0.6 is 15.9 Å². The van der Waals surface area contributed by atoms with E-state index < -0.39 is 0 Å². The van der Waals surface area contributed by atoms with Gasteiger partial charge in [0.15, 0.2) is 0 Å². The number of benzene rings is 1. The van der Waals surface area contributed by atoms with Crippen molar-refractivity contribution in [3.05, 3.63) is 40.1 Å². The predicted octanol–water partition coefficient (Wildman–Crippen LogP) is 3.62. The minimum absolute atomic E-state index is 0.807. The van der Waals surface area contributed by atoms with E-state index in [4.69, 9.17) is 4.74 Å². The minimum atomic E-state index is 0.807. The molecule has 5 heteroatoms. The highest BCUT2D eigenvalue weighted by atomic mass is 79.9. The third-order valence-corrected chi connectivity index (χ3v) is 4.38. The second-order valence-electron chi connectivity index (χ2n) is 4.72. The van der Waals surface area contributed by atoms with Gasteiger partial charge in [-0.15, -0.1) is 0 Å². The van der Waals surface area contributed by atoms with Crippen molar-refractivity contribution in [1.82, 2.24) is 9.78 Å². The number of nitrogens with zero attached hydrogens (tertiary/aromatic N) is 3. The number of anilines is 1. The first-order valence-electron chi connectivity index (χ1n) is 6.63. The Morgan fingerprint density at radius 3 is 2.50 bits per heavy atom. The zero-order valence-corrected chi connectivity index (χ0v) is 13.9. The standard InChI is InChI=1S/C15H20BrN3O/c1-5-19-14(15(16)11(2)17-19)10-18(3)12-6-8-13(20-4)9-7-12/h6-9H,5,10H2,1-4H3. The van der Waals surface area contributed by atoms with Crippen molar-refractivity contribution in [2.45, 2.75) is 26.9 Å². The molecule has 0 N–H and O–H groups in total. The van der Waals surface area contributed by atoms with Crippen molar-refractivity contribution in [3.8, 4) is 5.75 Å². The smallest absolute Gasteiger partial charge is 0.119 e. The van der Waals surface area contributed by atoms with E-state index in [1.165, 1.54) is 5.69 Å². The molecule has 0 fully saturated rings. The van der Waals surface area contributed by atoms with Crippen molar-refractivity contribution < 1.29 is 4.74 Å². The van der Waals surface area contributed by atoms with Crippen LogP contribution in [0.1, 0.15) is 18.3 Å². The molecule has 4 nitrogen and oxygen atoms in total. The van der Waals surface area contributed by atoms with Crippen LogP contribution in [0.25, 0.3) is 0 Å². The number of hydrogen-bond acceptors (Lipinski definition) is 3. The van der Waals surface area contributed by atoms with E-state index in [-0.39, 0.29) is 0 Å². The molecule has 20 heavy (non-hydrogen) atoms. The van der Waals surface area contributed by atoms with Crippen molar-refractivity contribution in [1.29, 1.82) is 0 Å². The highest BCUT2D eigenvalue weighted by Crippen LogP contribution is 2.25. The molecule has 1 aromatic carbocycles. The lowest BCUT2D eigenvalue weighted by Crippen LogP contribution is -2.19. The summed E-state index contributed by atoms with van der Waals surface area (Å²) in [5.74, 6) is 0.873. The van der Waals surface area contributed by atoms with Crippen LogP contribution in [0.5, 0.6) is 5.75 Å². The molecule has 0 atom stereocenters. The largest absolute Gasteiger partial charge is 0.497 e. The van der Waals surface area contributed by atoms with Gasteiger partial charge in [-0.2, -0.15) is 5.10 Å². The molecule has 0 aliphatic rings. The third-order valence-electron chi connectivity index (χ3n) is 3.35. The number of rotatable bonds is 5. The predicted molar refractivity (Wildman–Crippen MR) is 85.4 cm³/mol. The molecular formula is C15H20BrN3O. The summed E-state index contributed by atoms with van der Waals surface area (Å²) in [4.78, 5) is 2.20. The van der Waals surface area contributed by atoms with Gasteiger partial charge >= 0.3 is 0 Å². The molecule has 1 heterocycles. The Morgan fingerprint density at radius 1 is 1.30 bits per heavy atom. The number of aromatic nitrogens is 2. The Morgan fingerprint density at radius 2 is 1.95 bits per heavy atom. The zero-order valence-electron chi connectivity index (χ0n) is 12.4. The monoisotopic (exact) mass is 337 g/mol. The Hall–Kier alpha value is -1.49. The molecule has 108 valence electrons. The fourth-order valence-electron chi connectivity index (χ4n) is 2.17. The molecule has 0 unspecified atom stereocenters. The summed E-state index contributed by atoms with van der Waals surface area (Å²) in [5.41, 5.74) is 3.38. The molecule has 0 saturated carbocycles. The van der Waals surface area contributed by atoms with Crippen LogP contribution in [0.4, 0.5) is 5.69 Å². The first-order chi connectivity index (χ1) is 9.56. The summed E-state index contributed by atoms with van der Waals surface area (Å²) in [6.07, 6.45) is 0. The average molecular weight is 338 g/mol. The lowest BCUT2D eigenvalue weighted by Gasteiger charge is -2.20. The Balaban J connectivity index is 2.20. The molecule has 0 bridgehead atoms. The van der Waals surface area contributed by atoms with Crippen LogP contribution in [-0.4, -0.2) is 23.9 Å². The van der Waals surface area contributed by atoms with Gasteiger partial charge < -0.3 is 9.64 Å². The highest BCUT2D eigenvalue weighted by Gasteiger charge is 2.14. The lowest BCUT2D eigenvalue weighted by atomic mass is 10.2. The van der Waals surface area contributed by atoms with E-state index in [0.717, 1.165) is 34.7 Å². The van der Waals surface area contributed by atoms with Crippen LogP contribution in [0, 0.1) is 6.92 Å². The first kappa shape index (κ1) is 14.9. The maximum atomic E-state index is 5.19. The van der Waals surface area contributed by atoms with E-state index in [2.05, 4.69) is 52.0 Å². The summed E-state index contributed by atoms with van der Waals surface area (Å²) < 4.78 is 8.32. The number of ether oxygens (including phenoxy) is 1. The Kier molecular flexibility index (Phi) is 4.70. The van der Waals surface area contributed by atoms with E-state index >= 15 is 0 Å². The number of halogens is 1. The van der Waals surface area contributed by atoms with E-state index in [9.17, 15) is 0 Å². The molecule has 0 aliphatic carbocycles. The van der Waals surface area contributed by atoms with E-state index in [0.29, 0.717) is 0 Å². The number of hydrogen-bond donors (Lipinski definition) is 0. The second-order valence-corrected chi connectivity index (χ2v) is 5.51. The number of methoxy groups -OCH3 is 1. The van der Waals surface area contributed by atoms with Gasteiger partial charge in [0.2, 0.25) is 0 Å². The second kappa shape index (κ2) is 6.31. The van der Waals surface area contributed by atoms with Crippen LogP contribution in [0.15, 0.2) is 28.7 Å². The third kappa shape index (κ3) is 2.98. The highest BCUT2D eigenvalue weighted by molar-refractivity contribution is 9.10. The summed E-state index contributed by atoms with van der Waals surface area (Å²) >= 11 is 3.64. The number of aryl methyl sites for hydroxylation is 2. The van der Waals surface area contributed by atoms with Crippen molar-refractivity contribution in [2.75, 3.05) is 19.1 Å². The molecule has 0 saturated heterocycles. The molecule has 1 aromatic heterocycles. The minimum Gasteiger partial charge on any atom is -0.497 e. The van der Waals surface area contributed by atoms with Crippen LogP contribution in [0.2, 0.25) is 0 Å². The Labute approximate surface area is 128 Å². The van der Waals surface area contributed by atoms with Gasteiger partial charge in [0.25, 0.3) is 0 Å². The van der Waals surface area contributed by atoms with Gasteiger partial charge in [-0.1, -0.05) is 0 Å². The molecular weight excluding hydrogens is 318 g/mol. The lowest BCUT2D eigenvalue weighted by molar-refractivity contribution is 0.415. The van der Waals surface area contributed by atoms with Gasteiger partial charge in [-0.3, -0.25) is 4.68 Å². The molecule has 0 amide bonds. The van der Waals surface area contributed by atoms with Crippen molar-refractivity contribution >= 4 is 21.6 Å². The summed E-state index contributed by atoms with van der Waals surface area (Å²) in [6, 6.07) is 8.07. The summed E-state index contributed by atoms with van der Waals surface area (Å²) in [7, 11) is 3.76. The summed E-state index contributed by atoms with van der Waals surface area (Å²) in [5, 5.41) is 4.53. The molecule has 0 radical (unpaired) electrons. The first-order valence-corrected chi connectivity index (χ1v) is 7.43. The van der Waals surface area contributed by atoms with Gasteiger partial charge in [-0.25, -0.2) is 0 Å². The topological polar surface area (TPSA) is 30.3 Å². The maximum absolute atomic E-state index is 5.19. The van der Waals surface area contributed by atoms with Crippen LogP contribution in [-0.2, 0) is 13.1 Å². The van der Waals surface area contributed by atoms with E-state index in [1.54, 1.807) is 7.11 Å². The quantitative estimate of drug-likeness (QED) is 0.834. The Bertz CT molecular complexity index is 578. The maximum Gasteiger partial charge on any atom is 0.119 e. The molecule has 2 aromatic rings. The van der Waals surface area contributed by atoms with Crippen molar-refractivity contribution in [2.24, 2.45) is 0 Å². The zero-order chi connectivity index (χ0) is 14.7. The fraction of sp³-hybridized carbons (Fsp3) is 0.400. The van der Waals surface area contributed by atoms with Crippen LogP contribution in [0.3, 0.4) is 0 Å². The van der Waals surface area contributed by atoms with Crippen LogP contribution < -0.4 is 9.64 Å². The van der Waals surface area contributed by atoms with Gasteiger partial charge in [0.05, 0.1) is 29.5 Å². The molecule has 0 spiro atoms. The fourth-order valence-corrected chi connectivity index (χ4v) is 2.58. The van der Waals surface area contributed by atoms with Gasteiger partial charge in [-0.05, 0) is 54.0 Å². The van der Waals surface area contributed by atoms with Gasteiger partial charge in [0, 0.05) is 19.3 Å². The SMILES string of the molecule is CCn1nc(C)c(Br)c1CN(C)c1ccc(OC)cc1. The molecule has 0 aliphatic heterocycles. The van der Waals surface area contributed by atoms with Crippen molar-refractivity contribution in [3.63, 3.8) is 0 Å². The average Bonchev–Trinajstić information content (AvgIpc) is 2.75. The van der Waals surface area contributed by atoms with E-state index in [1.807, 2.05) is 23.7 Å². The normalized spacial score (nSPS) is 10.7.